The first kappa shape index (κ1) is 15.7. The van der Waals surface area contributed by atoms with Gasteiger partial charge in [-0.05, 0) is 36.8 Å². The third-order valence-corrected chi connectivity index (χ3v) is 3.34. The topological polar surface area (TPSA) is 29.5 Å². The van der Waals surface area contributed by atoms with Crippen LogP contribution in [0.4, 0.5) is 8.78 Å². The number of rotatable bonds is 5. The average molecular weight is 313 g/mol. The summed E-state index contributed by atoms with van der Waals surface area (Å²) in [5.74, 6) is -0.799. The first-order chi connectivity index (χ1) is 9.95. The molecule has 0 fully saturated rings. The second-order valence-electron chi connectivity index (χ2n) is 4.79. The van der Waals surface area contributed by atoms with Crippen molar-refractivity contribution in [3.63, 3.8) is 0 Å². The van der Waals surface area contributed by atoms with E-state index in [-0.39, 0.29) is 12.0 Å². The highest BCUT2D eigenvalue weighted by Gasteiger charge is 2.18. The summed E-state index contributed by atoms with van der Waals surface area (Å²) in [7, 11) is 0. The Labute approximate surface area is 126 Å². The Morgan fingerprint density at radius 2 is 1.95 bits per heavy atom. The number of benzene rings is 2. The van der Waals surface area contributed by atoms with Crippen LogP contribution in [0.15, 0.2) is 42.5 Å². The molecule has 112 valence electrons. The van der Waals surface area contributed by atoms with E-state index in [0.29, 0.717) is 10.8 Å². The first-order valence-electron chi connectivity index (χ1n) is 6.50. The van der Waals surface area contributed by atoms with Crippen molar-refractivity contribution in [2.75, 3.05) is 0 Å². The van der Waals surface area contributed by atoms with Gasteiger partial charge in [0.2, 0.25) is 0 Å². The van der Waals surface area contributed by atoms with Gasteiger partial charge in [-0.3, -0.25) is 0 Å². The van der Waals surface area contributed by atoms with Gasteiger partial charge in [-0.25, -0.2) is 8.78 Å². The van der Waals surface area contributed by atoms with Crippen LogP contribution < -0.4 is 4.74 Å². The van der Waals surface area contributed by atoms with Crippen molar-refractivity contribution < 1.29 is 18.6 Å². The molecule has 0 spiro atoms. The third-order valence-electron chi connectivity index (χ3n) is 3.10. The largest absolute Gasteiger partial charge is 0.488 e. The zero-order valence-corrected chi connectivity index (χ0v) is 12.1. The van der Waals surface area contributed by atoms with Gasteiger partial charge in [0, 0.05) is 17.5 Å². The first-order valence-corrected chi connectivity index (χ1v) is 6.87. The Morgan fingerprint density at radius 3 is 2.62 bits per heavy atom. The standard InChI is InChI=1S/C16H15ClF2O2/c1-10(21-14-4-2-3-12(17)8-14)16(20)7-11-5-6-13(18)9-15(11)19/h2-6,8-10,16,20H,7H2,1H3. The highest BCUT2D eigenvalue weighted by Crippen LogP contribution is 2.20. The Morgan fingerprint density at radius 1 is 1.19 bits per heavy atom. The number of hydrogen-bond donors (Lipinski definition) is 1. The lowest BCUT2D eigenvalue weighted by atomic mass is 10.0. The predicted molar refractivity (Wildman–Crippen MR) is 77.6 cm³/mol. The van der Waals surface area contributed by atoms with E-state index in [1.54, 1.807) is 31.2 Å². The molecule has 0 aliphatic carbocycles. The minimum absolute atomic E-state index is 0.0356. The molecule has 0 radical (unpaired) electrons. The fraction of sp³-hybridized carbons (Fsp3) is 0.250. The molecule has 0 saturated carbocycles. The maximum atomic E-state index is 13.5. The van der Waals surface area contributed by atoms with E-state index in [9.17, 15) is 13.9 Å². The normalized spacial score (nSPS) is 13.8. The maximum absolute atomic E-state index is 13.5. The summed E-state index contributed by atoms with van der Waals surface area (Å²) in [6.07, 6.45) is -1.45. The molecule has 0 aliphatic heterocycles. The van der Waals surface area contributed by atoms with E-state index in [4.69, 9.17) is 16.3 Å². The van der Waals surface area contributed by atoms with Crippen molar-refractivity contribution in [3.8, 4) is 5.75 Å². The van der Waals surface area contributed by atoms with Crippen molar-refractivity contribution in [1.29, 1.82) is 0 Å². The van der Waals surface area contributed by atoms with Gasteiger partial charge in [-0.2, -0.15) is 0 Å². The van der Waals surface area contributed by atoms with Crippen LogP contribution in [0, 0.1) is 11.6 Å². The van der Waals surface area contributed by atoms with Gasteiger partial charge in [-0.1, -0.05) is 23.7 Å². The van der Waals surface area contributed by atoms with Gasteiger partial charge in [0.25, 0.3) is 0 Å². The van der Waals surface area contributed by atoms with Gasteiger partial charge in [0.05, 0.1) is 6.10 Å². The van der Waals surface area contributed by atoms with Gasteiger partial charge in [0.15, 0.2) is 0 Å². The summed E-state index contributed by atoms with van der Waals surface area (Å²) in [6, 6.07) is 10.1. The van der Waals surface area contributed by atoms with E-state index in [1.165, 1.54) is 6.07 Å². The average Bonchev–Trinajstić information content (AvgIpc) is 2.41. The van der Waals surface area contributed by atoms with Gasteiger partial charge in [-0.15, -0.1) is 0 Å². The van der Waals surface area contributed by atoms with Crippen LogP contribution in [0.25, 0.3) is 0 Å². The van der Waals surface area contributed by atoms with E-state index < -0.39 is 23.8 Å². The molecular weight excluding hydrogens is 298 g/mol. The van der Waals surface area contributed by atoms with E-state index >= 15 is 0 Å². The molecule has 21 heavy (non-hydrogen) atoms. The molecule has 2 atom stereocenters. The van der Waals surface area contributed by atoms with Crippen LogP contribution in [0.3, 0.4) is 0 Å². The number of ether oxygens (including phenoxy) is 1. The molecule has 2 aromatic rings. The molecule has 1 N–H and O–H groups in total. The van der Waals surface area contributed by atoms with Crippen LogP contribution in [0.2, 0.25) is 5.02 Å². The molecule has 0 saturated heterocycles. The maximum Gasteiger partial charge on any atom is 0.129 e. The van der Waals surface area contributed by atoms with Gasteiger partial charge in [0.1, 0.15) is 23.5 Å². The lowest BCUT2D eigenvalue weighted by Gasteiger charge is -2.21. The minimum Gasteiger partial charge on any atom is -0.488 e. The summed E-state index contributed by atoms with van der Waals surface area (Å²) >= 11 is 5.85. The third kappa shape index (κ3) is 4.41. The Kier molecular flexibility index (Phi) is 5.15. The fourth-order valence-electron chi connectivity index (χ4n) is 1.91. The van der Waals surface area contributed by atoms with Crippen molar-refractivity contribution >= 4 is 11.6 Å². The summed E-state index contributed by atoms with van der Waals surface area (Å²) in [5, 5.41) is 10.6. The smallest absolute Gasteiger partial charge is 0.129 e. The summed E-state index contributed by atoms with van der Waals surface area (Å²) in [4.78, 5) is 0. The van der Waals surface area contributed by atoms with Crippen LogP contribution in [-0.2, 0) is 6.42 Å². The fourth-order valence-corrected chi connectivity index (χ4v) is 2.09. The van der Waals surface area contributed by atoms with Crippen molar-refractivity contribution in [2.45, 2.75) is 25.6 Å². The lowest BCUT2D eigenvalue weighted by Crippen LogP contribution is -2.30. The molecule has 0 aliphatic rings. The van der Waals surface area contributed by atoms with Crippen molar-refractivity contribution in [1.82, 2.24) is 0 Å². The van der Waals surface area contributed by atoms with Crippen molar-refractivity contribution in [2.24, 2.45) is 0 Å². The molecule has 2 unspecified atom stereocenters. The summed E-state index contributed by atoms with van der Waals surface area (Å²) in [5.41, 5.74) is 0.241. The zero-order valence-electron chi connectivity index (χ0n) is 11.4. The number of aliphatic hydroxyl groups excluding tert-OH is 1. The van der Waals surface area contributed by atoms with E-state index in [1.807, 2.05) is 0 Å². The SMILES string of the molecule is CC(Oc1cccc(Cl)c1)C(O)Cc1ccc(F)cc1F. The summed E-state index contributed by atoms with van der Waals surface area (Å²) in [6.45, 7) is 1.67. The number of halogens is 3. The minimum atomic E-state index is -0.927. The van der Waals surface area contributed by atoms with E-state index in [2.05, 4.69) is 0 Å². The van der Waals surface area contributed by atoms with Gasteiger partial charge < -0.3 is 9.84 Å². The number of hydrogen-bond acceptors (Lipinski definition) is 2. The molecule has 5 heteroatoms. The highest BCUT2D eigenvalue weighted by atomic mass is 35.5. The second kappa shape index (κ2) is 6.87. The van der Waals surface area contributed by atoms with Gasteiger partial charge >= 0.3 is 0 Å². The highest BCUT2D eigenvalue weighted by molar-refractivity contribution is 6.30. The monoisotopic (exact) mass is 312 g/mol. The Bertz CT molecular complexity index is 619. The quantitative estimate of drug-likeness (QED) is 0.904. The molecule has 2 rings (SSSR count). The lowest BCUT2D eigenvalue weighted by molar-refractivity contribution is 0.0473. The zero-order chi connectivity index (χ0) is 15.4. The molecule has 0 aromatic heterocycles. The molecule has 2 nitrogen and oxygen atoms in total. The second-order valence-corrected chi connectivity index (χ2v) is 5.22. The summed E-state index contributed by atoms with van der Waals surface area (Å²) < 4.78 is 31.9. The molecular formula is C16H15ClF2O2. The predicted octanol–water partition coefficient (Wildman–Crippen LogP) is 3.99. The Balaban J connectivity index is 2.00. The number of aliphatic hydroxyl groups is 1. The molecule has 2 aromatic carbocycles. The van der Waals surface area contributed by atoms with Crippen LogP contribution in [-0.4, -0.2) is 17.3 Å². The van der Waals surface area contributed by atoms with Crippen LogP contribution in [0.5, 0.6) is 5.75 Å². The van der Waals surface area contributed by atoms with Crippen LogP contribution in [0.1, 0.15) is 12.5 Å². The van der Waals surface area contributed by atoms with Crippen molar-refractivity contribution in [3.05, 3.63) is 64.7 Å². The van der Waals surface area contributed by atoms with Crippen LogP contribution >= 0.6 is 11.6 Å². The molecule has 0 bridgehead atoms. The Hall–Kier alpha value is -1.65. The van der Waals surface area contributed by atoms with E-state index in [0.717, 1.165) is 12.1 Å². The molecule has 0 heterocycles. The molecule has 0 amide bonds.